The lowest BCUT2D eigenvalue weighted by molar-refractivity contribution is -0.122. The number of nitrogens with zero attached hydrogens (tertiary/aromatic N) is 4. The molecular weight excluding hydrogens is 414 g/mol. The molecule has 4 rings (SSSR count). The van der Waals surface area contributed by atoms with Gasteiger partial charge in [-0.3, -0.25) is 14.6 Å². The Labute approximate surface area is 184 Å². The largest absolute Gasteiger partial charge is 0.350 e. The molecule has 4 aromatic rings. The molecule has 8 heteroatoms. The predicted molar refractivity (Wildman–Crippen MR) is 120 cm³/mol. The van der Waals surface area contributed by atoms with Crippen LogP contribution in [-0.4, -0.2) is 25.2 Å². The SMILES string of the molecule is Cc1c2cnn(CC(=O)NCc3cccnc3)c(=O)c2c(C)n1Cc1cccc(Cl)c1. The summed E-state index contributed by atoms with van der Waals surface area (Å²) < 4.78 is 3.28. The topological polar surface area (TPSA) is 81.8 Å². The number of aryl methyl sites for hydroxylation is 2. The summed E-state index contributed by atoms with van der Waals surface area (Å²) >= 11 is 6.11. The molecule has 1 N–H and O–H groups in total. The van der Waals surface area contributed by atoms with E-state index in [1.165, 1.54) is 4.68 Å². The standard InChI is InChI=1S/C23H22ClN5O2/c1-15-20-12-27-29(14-21(30)26-11-18-6-4-8-25-10-18)23(31)22(20)16(2)28(15)13-17-5-3-7-19(24)9-17/h3-10,12H,11,13-14H2,1-2H3,(H,26,30). The van der Waals surface area contributed by atoms with Crippen molar-refractivity contribution in [2.75, 3.05) is 0 Å². The molecule has 3 aromatic heterocycles. The van der Waals surface area contributed by atoms with Gasteiger partial charge in [0, 0.05) is 47.3 Å². The van der Waals surface area contributed by atoms with Gasteiger partial charge in [-0.1, -0.05) is 29.8 Å². The number of rotatable bonds is 6. The van der Waals surface area contributed by atoms with Gasteiger partial charge in [0.05, 0.1) is 11.6 Å². The smallest absolute Gasteiger partial charge is 0.276 e. The van der Waals surface area contributed by atoms with Crippen molar-refractivity contribution in [3.8, 4) is 0 Å². The molecule has 0 saturated heterocycles. The van der Waals surface area contributed by atoms with Gasteiger partial charge in [-0.15, -0.1) is 0 Å². The van der Waals surface area contributed by atoms with Gasteiger partial charge < -0.3 is 9.88 Å². The van der Waals surface area contributed by atoms with E-state index in [0.717, 1.165) is 27.9 Å². The molecule has 0 spiro atoms. The van der Waals surface area contributed by atoms with Gasteiger partial charge in [0.15, 0.2) is 0 Å². The van der Waals surface area contributed by atoms with Crippen molar-refractivity contribution in [1.29, 1.82) is 0 Å². The first-order chi connectivity index (χ1) is 14.9. The van der Waals surface area contributed by atoms with Crippen LogP contribution in [0.15, 0.2) is 59.8 Å². The second-order valence-electron chi connectivity index (χ2n) is 7.42. The molecule has 1 amide bonds. The summed E-state index contributed by atoms with van der Waals surface area (Å²) in [7, 11) is 0. The number of hydrogen-bond acceptors (Lipinski definition) is 4. The Kier molecular flexibility index (Phi) is 5.86. The molecule has 7 nitrogen and oxygen atoms in total. The van der Waals surface area contributed by atoms with Crippen molar-refractivity contribution in [1.82, 2.24) is 24.6 Å². The molecule has 158 valence electrons. The van der Waals surface area contributed by atoms with E-state index in [1.54, 1.807) is 24.7 Å². The number of aromatic nitrogens is 4. The van der Waals surface area contributed by atoms with E-state index in [4.69, 9.17) is 11.6 Å². The Hall–Kier alpha value is -3.45. The first kappa shape index (κ1) is 20.8. The summed E-state index contributed by atoms with van der Waals surface area (Å²) in [6.45, 7) is 4.67. The molecule has 0 atom stereocenters. The zero-order chi connectivity index (χ0) is 22.0. The van der Waals surface area contributed by atoms with Gasteiger partial charge in [-0.2, -0.15) is 5.10 Å². The maximum absolute atomic E-state index is 13.1. The highest BCUT2D eigenvalue weighted by Crippen LogP contribution is 2.23. The maximum Gasteiger partial charge on any atom is 0.276 e. The first-order valence-electron chi connectivity index (χ1n) is 9.89. The number of carbonyl (C=O) groups excluding carboxylic acids is 1. The lowest BCUT2D eigenvalue weighted by atomic mass is 10.2. The molecule has 0 fully saturated rings. The number of carbonyl (C=O) groups is 1. The minimum Gasteiger partial charge on any atom is -0.350 e. The molecule has 0 saturated carbocycles. The summed E-state index contributed by atoms with van der Waals surface area (Å²) in [6, 6.07) is 11.3. The molecule has 0 aliphatic carbocycles. The molecule has 0 aliphatic heterocycles. The molecule has 31 heavy (non-hydrogen) atoms. The summed E-state index contributed by atoms with van der Waals surface area (Å²) in [4.78, 5) is 29.5. The van der Waals surface area contributed by atoms with E-state index < -0.39 is 0 Å². The third-order valence-corrected chi connectivity index (χ3v) is 5.58. The van der Waals surface area contributed by atoms with E-state index >= 15 is 0 Å². The van der Waals surface area contributed by atoms with Crippen LogP contribution in [0.25, 0.3) is 10.8 Å². The lowest BCUT2D eigenvalue weighted by Crippen LogP contribution is -2.33. The van der Waals surface area contributed by atoms with E-state index in [9.17, 15) is 9.59 Å². The van der Waals surface area contributed by atoms with E-state index in [0.29, 0.717) is 23.5 Å². The molecule has 0 bridgehead atoms. The zero-order valence-corrected chi connectivity index (χ0v) is 18.1. The number of amides is 1. The quantitative estimate of drug-likeness (QED) is 0.504. The van der Waals surface area contributed by atoms with Crippen LogP contribution >= 0.6 is 11.6 Å². The molecule has 3 heterocycles. The second kappa shape index (κ2) is 8.73. The number of benzene rings is 1. The minimum absolute atomic E-state index is 0.146. The molecule has 0 radical (unpaired) electrons. The van der Waals surface area contributed by atoms with Crippen molar-refractivity contribution in [3.05, 3.63) is 92.9 Å². The number of hydrogen-bond donors (Lipinski definition) is 1. The van der Waals surface area contributed by atoms with E-state index in [-0.39, 0.29) is 18.0 Å². The highest BCUT2D eigenvalue weighted by Gasteiger charge is 2.17. The van der Waals surface area contributed by atoms with Crippen LogP contribution in [0.1, 0.15) is 22.5 Å². The van der Waals surface area contributed by atoms with Crippen LogP contribution in [0.2, 0.25) is 5.02 Å². The fourth-order valence-electron chi connectivity index (χ4n) is 3.71. The average molecular weight is 436 g/mol. The van der Waals surface area contributed by atoms with Crippen LogP contribution in [-0.2, 0) is 24.4 Å². The highest BCUT2D eigenvalue weighted by atomic mass is 35.5. The van der Waals surface area contributed by atoms with Crippen LogP contribution in [0, 0.1) is 13.8 Å². The summed E-state index contributed by atoms with van der Waals surface area (Å²) in [6.07, 6.45) is 5.01. The third kappa shape index (κ3) is 4.36. The summed E-state index contributed by atoms with van der Waals surface area (Å²) in [5, 5.41) is 9.07. The fraction of sp³-hybridized carbons (Fsp3) is 0.217. The van der Waals surface area contributed by atoms with Crippen LogP contribution in [0.5, 0.6) is 0 Å². The Balaban J connectivity index is 1.59. The van der Waals surface area contributed by atoms with Crippen LogP contribution in [0.3, 0.4) is 0 Å². The normalized spacial score (nSPS) is 11.1. The number of pyridine rings is 1. The predicted octanol–water partition coefficient (Wildman–Crippen LogP) is 3.23. The van der Waals surface area contributed by atoms with Crippen molar-refractivity contribution in [3.63, 3.8) is 0 Å². The average Bonchev–Trinajstić information content (AvgIpc) is 3.00. The molecular formula is C23H22ClN5O2. The van der Waals surface area contributed by atoms with Crippen molar-refractivity contribution < 1.29 is 4.79 Å². The van der Waals surface area contributed by atoms with Crippen LogP contribution in [0.4, 0.5) is 0 Å². The highest BCUT2D eigenvalue weighted by molar-refractivity contribution is 6.30. The Morgan fingerprint density at radius 2 is 1.90 bits per heavy atom. The van der Waals surface area contributed by atoms with Crippen molar-refractivity contribution >= 4 is 28.3 Å². The maximum atomic E-state index is 13.1. The van der Waals surface area contributed by atoms with Gasteiger partial charge in [-0.25, -0.2) is 4.68 Å². The molecule has 0 unspecified atom stereocenters. The summed E-state index contributed by atoms with van der Waals surface area (Å²) in [5.41, 5.74) is 3.44. The Morgan fingerprint density at radius 1 is 1.10 bits per heavy atom. The van der Waals surface area contributed by atoms with Gasteiger partial charge in [0.1, 0.15) is 6.54 Å². The zero-order valence-electron chi connectivity index (χ0n) is 17.3. The minimum atomic E-state index is -0.287. The van der Waals surface area contributed by atoms with Crippen molar-refractivity contribution in [2.45, 2.75) is 33.5 Å². The Bertz CT molecular complexity index is 1310. The third-order valence-electron chi connectivity index (χ3n) is 5.34. The lowest BCUT2D eigenvalue weighted by Gasteiger charge is -2.09. The fourth-order valence-corrected chi connectivity index (χ4v) is 3.92. The van der Waals surface area contributed by atoms with E-state index in [2.05, 4.69) is 20.0 Å². The number of halogens is 1. The van der Waals surface area contributed by atoms with Crippen LogP contribution < -0.4 is 10.9 Å². The number of nitrogens with one attached hydrogen (secondary N) is 1. The van der Waals surface area contributed by atoms with Gasteiger partial charge in [0.2, 0.25) is 5.91 Å². The molecule has 0 aliphatic rings. The van der Waals surface area contributed by atoms with Gasteiger partial charge in [0.25, 0.3) is 5.56 Å². The van der Waals surface area contributed by atoms with Crippen molar-refractivity contribution in [2.24, 2.45) is 0 Å². The van der Waals surface area contributed by atoms with Gasteiger partial charge in [-0.05, 0) is 43.2 Å². The molecule has 1 aromatic carbocycles. The van der Waals surface area contributed by atoms with Gasteiger partial charge >= 0.3 is 0 Å². The monoisotopic (exact) mass is 435 g/mol. The number of fused-ring (bicyclic) bond motifs is 1. The Morgan fingerprint density at radius 3 is 2.65 bits per heavy atom. The second-order valence-corrected chi connectivity index (χ2v) is 7.86. The van der Waals surface area contributed by atoms with E-state index in [1.807, 2.05) is 44.2 Å². The first-order valence-corrected chi connectivity index (χ1v) is 10.3. The summed E-state index contributed by atoms with van der Waals surface area (Å²) in [5.74, 6) is -0.287.